The highest BCUT2D eigenvalue weighted by Crippen LogP contribution is 2.31. The van der Waals surface area contributed by atoms with Crippen LogP contribution >= 0.6 is 63.7 Å². The summed E-state index contributed by atoms with van der Waals surface area (Å²) in [5.74, 6) is 1.46. The Bertz CT molecular complexity index is 464. The first-order valence-corrected chi connectivity index (χ1v) is 7.65. The summed E-state index contributed by atoms with van der Waals surface area (Å²) in [4.78, 5) is 0. The first-order chi connectivity index (χ1) is 8.02. The van der Waals surface area contributed by atoms with Crippen molar-refractivity contribution in [3.8, 4) is 11.5 Å². The zero-order valence-electron chi connectivity index (χ0n) is 8.23. The van der Waals surface area contributed by atoms with Crippen molar-refractivity contribution in [3.05, 3.63) is 54.3 Å². The molecular formula is C12H4Br4O. The van der Waals surface area contributed by atoms with E-state index in [1.54, 1.807) is 0 Å². The van der Waals surface area contributed by atoms with Crippen LogP contribution in [-0.2, 0) is 0 Å². The van der Waals surface area contributed by atoms with Gasteiger partial charge in [0.15, 0.2) is 0 Å². The van der Waals surface area contributed by atoms with E-state index in [2.05, 4.69) is 75.9 Å². The Balaban J connectivity index is 2.31. The molecule has 2 radical (unpaired) electrons. The van der Waals surface area contributed by atoms with E-state index in [-0.39, 0.29) is 0 Å². The third kappa shape index (κ3) is 4.09. The molecule has 2 aromatic rings. The fourth-order valence-corrected chi connectivity index (χ4v) is 3.50. The summed E-state index contributed by atoms with van der Waals surface area (Å²) in [6.45, 7) is 0. The summed E-state index contributed by atoms with van der Waals surface area (Å²) < 4.78 is 9.08. The van der Waals surface area contributed by atoms with Crippen molar-refractivity contribution in [1.29, 1.82) is 0 Å². The molecule has 2 rings (SSSR count). The number of benzene rings is 2. The molecule has 86 valence electrons. The number of halogens is 4. The van der Waals surface area contributed by atoms with Crippen LogP contribution in [0.4, 0.5) is 0 Å². The van der Waals surface area contributed by atoms with Crippen LogP contribution < -0.4 is 4.74 Å². The average Bonchev–Trinajstić information content (AvgIpc) is 2.13. The number of rotatable bonds is 2. The number of ether oxygens (including phenoxy) is 1. The van der Waals surface area contributed by atoms with Gasteiger partial charge >= 0.3 is 0 Å². The average molecular weight is 484 g/mol. The molecule has 0 amide bonds. The molecule has 0 aliphatic carbocycles. The minimum absolute atomic E-state index is 0.729. The number of hydrogen-bond acceptors (Lipinski definition) is 1. The Labute approximate surface area is 133 Å². The molecule has 0 unspecified atom stereocenters. The Hall–Kier alpha value is 0.160. The summed E-state index contributed by atoms with van der Waals surface area (Å²) in [6.07, 6.45) is 0. The molecule has 0 bridgehead atoms. The number of hydrogen-bond donors (Lipinski definition) is 0. The van der Waals surface area contributed by atoms with E-state index in [0.29, 0.717) is 0 Å². The quantitative estimate of drug-likeness (QED) is 0.499. The Morgan fingerprint density at radius 2 is 0.941 bits per heavy atom. The smallest absolute Gasteiger partial charge is 0.129 e. The SMILES string of the molecule is Brc1[c]c(Br)cc(Oc2cc(Br)[c]c(Br)c2)c1. The van der Waals surface area contributed by atoms with Crippen LogP contribution in [0.5, 0.6) is 11.5 Å². The van der Waals surface area contributed by atoms with Gasteiger partial charge in [-0.15, -0.1) is 0 Å². The van der Waals surface area contributed by atoms with Gasteiger partial charge in [0.1, 0.15) is 11.5 Å². The first kappa shape index (κ1) is 13.6. The van der Waals surface area contributed by atoms with Gasteiger partial charge in [0, 0.05) is 30.0 Å². The van der Waals surface area contributed by atoms with Crippen LogP contribution in [-0.4, -0.2) is 0 Å². The van der Waals surface area contributed by atoms with Crippen LogP contribution in [0, 0.1) is 12.1 Å². The third-order valence-corrected chi connectivity index (χ3v) is 3.50. The van der Waals surface area contributed by atoms with E-state index in [9.17, 15) is 0 Å². The third-order valence-electron chi connectivity index (χ3n) is 1.79. The molecule has 5 heteroatoms. The summed E-state index contributed by atoms with van der Waals surface area (Å²) in [5.41, 5.74) is 0. The van der Waals surface area contributed by atoms with Crippen LogP contribution in [0.25, 0.3) is 0 Å². The van der Waals surface area contributed by atoms with Crippen molar-refractivity contribution in [2.75, 3.05) is 0 Å². The Kier molecular flexibility index (Phi) is 4.69. The van der Waals surface area contributed by atoms with Gasteiger partial charge in [-0.25, -0.2) is 0 Å². The predicted molar refractivity (Wildman–Crippen MR) is 81.4 cm³/mol. The molecule has 0 spiro atoms. The fourth-order valence-electron chi connectivity index (χ4n) is 1.21. The van der Waals surface area contributed by atoms with E-state index in [1.807, 2.05) is 24.3 Å². The summed E-state index contributed by atoms with van der Waals surface area (Å²) >= 11 is 13.5. The van der Waals surface area contributed by atoms with Gasteiger partial charge in [0.05, 0.1) is 0 Å². The van der Waals surface area contributed by atoms with Crippen molar-refractivity contribution in [1.82, 2.24) is 0 Å². The van der Waals surface area contributed by atoms with Gasteiger partial charge in [-0.2, -0.15) is 0 Å². The standard InChI is InChI=1S/C12H4Br4O/c13-7-1-8(14)4-11(3-7)17-12-5-9(15)2-10(16)6-12/h3-6H. The topological polar surface area (TPSA) is 9.23 Å². The van der Waals surface area contributed by atoms with Gasteiger partial charge in [-0.1, -0.05) is 0 Å². The lowest BCUT2D eigenvalue weighted by atomic mass is 10.3. The second-order valence-corrected chi connectivity index (χ2v) is 6.54. The lowest BCUT2D eigenvalue weighted by molar-refractivity contribution is 0.481. The van der Waals surface area contributed by atoms with E-state index in [4.69, 9.17) is 4.74 Å². The Morgan fingerprint density at radius 3 is 1.24 bits per heavy atom. The molecule has 1 nitrogen and oxygen atoms in total. The van der Waals surface area contributed by atoms with E-state index < -0.39 is 0 Å². The molecule has 0 N–H and O–H groups in total. The van der Waals surface area contributed by atoms with Crippen LogP contribution in [0.3, 0.4) is 0 Å². The lowest BCUT2D eigenvalue weighted by Crippen LogP contribution is -1.85. The fraction of sp³-hybridized carbons (Fsp3) is 0. The van der Waals surface area contributed by atoms with E-state index in [0.717, 1.165) is 29.4 Å². The van der Waals surface area contributed by atoms with E-state index >= 15 is 0 Å². The monoisotopic (exact) mass is 480 g/mol. The van der Waals surface area contributed by atoms with Crippen molar-refractivity contribution in [2.45, 2.75) is 0 Å². The maximum absolute atomic E-state index is 5.74. The highest BCUT2D eigenvalue weighted by molar-refractivity contribution is 9.11. The Morgan fingerprint density at radius 1 is 0.647 bits per heavy atom. The molecule has 0 atom stereocenters. The molecule has 0 saturated heterocycles. The lowest BCUT2D eigenvalue weighted by Gasteiger charge is -2.07. The minimum Gasteiger partial charge on any atom is -0.457 e. The van der Waals surface area contributed by atoms with Gasteiger partial charge in [0.25, 0.3) is 0 Å². The van der Waals surface area contributed by atoms with Crippen LogP contribution in [0.2, 0.25) is 0 Å². The van der Waals surface area contributed by atoms with Crippen molar-refractivity contribution >= 4 is 63.7 Å². The summed E-state index contributed by atoms with van der Waals surface area (Å²) in [5, 5.41) is 0. The predicted octanol–water partition coefficient (Wildman–Crippen LogP) is 6.13. The highest BCUT2D eigenvalue weighted by Gasteiger charge is 2.03. The molecule has 17 heavy (non-hydrogen) atoms. The molecule has 0 aliphatic heterocycles. The second-order valence-electron chi connectivity index (χ2n) is 3.13. The first-order valence-electron chi connectivity index (χ1n) is 4.47. The largest absolute Gasteiger partial charge is 0.457 e. The van der Waals surface area contributed by atoms with Gasteiger partial charge in [-0.3, -0.25) is 0 Å². The van der Waals surface area contributed by atoms with Gasteiger partial charge in [-0.05, 0) is 88.0 Å². The second kappa shape index (κ2) is 5.87. The van der Waals surface area contributed by atoms with E-state index in [1.165, 1.54) is 0 Å². The minimum atomic E-state index is 0.729. The van der Waals surface area contributed by atoms with Gasteiger partial charge < -0.3 is 4.74 Å². The van der Waals surface area contributed by atoms with Gasteiger partial charge in [0.2, 0.25) is 0 Å². The molecular weight excluding hydrogens is 480 g/mol. The maximum Gasteiger partial charge on any atom is 0.129 e. The molecule has 0 saturated carbocycles. The molecule has 0 heterocycles. The van der Waals surface area contributed by atoms with Crippen molar-refractivity contribution in [2.24, 2.45) is 0 Å². The van der Waals surface area contributed by atoms with Crippen molar-refractivity contribution in [3.63, 3.8) is 0 Å². The maximum atomic E-state index is 5.74. The zero-order chi connectivity index (χ0) is 12.4. The molecule has 0 fully saturated rings. The van der Waals surface area contributed by atoms with Crippen LogP contribution in [0.15, 0.2) is 42.2 Å². The summed E-state index contributed by atoms with van der Waals surface area (Å²) in [6, 6.07) is 13.5. The molecule has 0 aliphatic rings. The molecule has 0 aromatic heterocycles. The highest BCUT2D eigenvalue weighted by atomic mass is 79.9. The zero-order valence-corrected chi connectivity index (χ0v) is 14.6. The van der Waals surface area contributed by atoms with Crippen molar-refractivity contribution < 1.29 is 4.74 Å². The summed E-state index contributed by atoms with van der Waals surface area (Å²) in [7, 11) is 0. The molecule has 2 aromatic carbocycles. The van der Waals surface area contributed by atoms with Crippen LogP contribution in [0.1, 0.15) is 0 Å². The normalized spacial score (nSPS) is 10.4.